The van der Waals surface area contributed by atoms with Crippen LogP contribution in [0, 0.1) is 5.92 Å². The second-order valence-corrected chi connectivity index (χ2v) is 3.98. The van der Waals surface area contributed by atoms with E-state index in [0.29, 0.717) is 6.08 Å². The van der Waals surface area contributed by atoms with Crippen molar-refractivity contribution in [3.05, 3.63) is 47.4 Å². The van der Waals surface area contributed by atoms with Gasteiger partial charge in [0, 0.05) is 0 Å². The molecule has 7 heteroatoms. The van der Waals surface area contributed by atoms with Crippen molar-refractivity contribution >= 4 is 6.08 Å². The Hall–Kier alpha value is -1.53. The number of fused-ring (bicyclic) bond motifs is 1. The molecule has 1 aromatic carbocycles. The second kappa shape index (κ2) is 3.98. The molecular formula is C12H6F7. The normalized spacial score (nSPS) is 16.8. The van der Waals surface area contributed by atoms with Gasteiger partial charge in [-0.25, -0.2) is 0 Å². The third kappa shape index (κ3) is 1.91. The van der Waals surface area contributed by atoms with Gasteiger partial charge in [0.05, 0.1) is 0 Å². The Bertz CT molecular complexity index is 513. The predicted octanol–water partition coefficient (Wildman–Crippen LogP) is 4.47. The summed E-state index contributed by atoms with van der Waals surface area (Å²) < 4.78 is 89.2. The molecule has 1 radical (unpaired) electrons. The first-order valence-corrected chi connectivity index (χ1v) is 5.06. The van der Waals surface area contributed by atoms with Gasteiger partial charge in [-0.3, -0.25) is 0 Å². The van der Waals surface area contributed by atoms with Crippen LogP contribution in [-0.4, -0.2) is 18.0 Å². The Kier molecular flexibility index (Phi) is 2.91. The van der Waals surface area contributed by atoms with Crippen molar-refractivity contribution in [1.29, 1.82) is 0 Å². The molecule has 0 nitrogen and oxygen atoms in total. The number of hydrogen-bond acceptors (Lipinski definition) is 0. The Morgan fingerprint density at radius 1 is 0.737 bits per heavy atom. The first-order chi connectivity index (χ1) is 8.59. The number of rotatable bonds is 2. The molecule has 0 saturated carbocycles. The smallest absolute Gasteiger partial charge is 0.198 e. The topological polar surface area (TPSA) is 0 Å². The molecule has 1 aliphatic carbocycles. The molecule has 0 aromatic heterocycles. The molecule has 1 aromatic rings. The van der Waals surface area contributed by atoms with Gasteiger partial charge in [-0.05, 0) is 11.1 Å². The first kappa shape index (κ1) is 13.9. The molecule has 0 unspecified atom stereocenters. The third-order valence-corrected chi connectivity index (χ3v) is 2.77. The molecule has 2 rings (SSSR count). The highest BCUT2D eigenvalue weighted by Gasteiger charge is 2.75. The molecule has 0 saturated heterocycles. The van der Waals surface area contributed by atoms with Crippen LogP contribution in [-0.2, 0) is 0 Å². The van der Waals surface area contributed by atoms with Crippen molar-refractivity contribution in [2.24, 2.45) is 0 Å². The fraction of sp³-hybridized carbons (Fsp3) is 0.250. The van der Waals surface area contributed by atoms with Crippen LogP contribution in [0.15, 0.2) is 30.3 Å². The minimum Gasteiger partial charge on any atom is -0.198 e. The average molecular weight is 283 g/mol. The Morgan fingerprint density at radius 2 is 1.32 bits per heavy atom. The van der Waals surface area contributed by atoms with Crippen molar-refractivity contribution < 1.29 is 30.7 Å². The van der Waals surface area contributed by atoms with Crippen LogP contribution in [0.2, 0.25) is 0 Å². The van der Waals surface area contributed by atoms with Crippen LogP contribution < -0.4 is 0 Å². The molecule has 0 N–H and O–H groups in total. The summed E-state index contributed by atoms with van der Waals surface area (Å²) >= 11 is 0. The van der Waals surface area contributed by atoms with Crippen molar-refractivity contribution in [1.82, 2.24) is 0 Å². The van der Waals surface area contributed by atoms with Gasteiger partial charge in [-0.2, -0.15) is 30.7 Å². The highest BCUT2D eigenvalue weighted by molar-refractivity contribution is 5.70. The molecule has 0 amide bonds. The maximum Gasteiger partial charge on any atom is 0.459 e. The van der Waals surface area contributed by atoms with Crippen molar-refractivity contribution in [2.45, 2.75) is 18.0 Å². The summed E-state index contributed by atoms with van der Waals surface area (Å²) in [6.07, 6.45) is -4.66. The van der Waals surface area contributed by atoms with E-state index >= 15 is 0 Å². The number of alkyl halides is 7. The standard InChI is InChI=1S/C12H6F7/c13-10(14,11(15,16)12(17,18)19)9-6-5-7-3-1-2-4-8(7)9/h1-6H. The molecular weight excluding hydrogens is 277 g/mol. The molecule has 0 atom stereocenters. The summed E-state index contributed by atoms with van der Waals surface area (Å²) in [6.45, 7) is 0. The Morgan fingerprint density at radius 3 is 1.89 bits per heavy atom. The third-order valence-electron chi connectivity index (χ3n) is 2.77. The van der Waals surface area contributed by atoms with Crippen LogP contribution in [0.25, 0.3) is 6.08 Å². The molecule has 19 heavy (non-hydrogen) atoms. The van der Waals surface area contributed by atoms with Gasteiger partial charge in [0.2, 0.25) is 0 Å². The van der Waals surface area contributed by atoms with Gasteiger partial charge in [-0.1, -0.05) is 36.4 Å². The summed E-state index contributed by atoms with van der Waals surface area (Å²) in [5.41, 5.74) is -0.147. The summed E-state index contributed by atoms with van der Waals surface area (Å²) in [5, 5.41) is 0. The average Bonchev–Trinajstić information content (AvgIpc) is 2.71. The first-order valence-electron chi connectivity index (χ1n) is 5.06. The van der Waals surface area contributed by atoms with Gasteiger partial charge < -0.3 is 0 Å². The van der Waals surface area contributed by atoms with Crippen molar-refractivity contribution in [3.8, 4) is 0 Å². The maximum atomic E-state index is 13.5. The molecule has 0 heterocycles. The second-order valence-electron chi connectivity index (χ2n) is 3.98. The predicted molar refractivity (Wildman–Crippen MR) is 53.8 cm³/mol. The van der Waals surface area contributed by atoms with Gasteiger partial charge in [0.1, 0.15) is 5.92 Å². The van der Waals surface area contributed by atoms with Crippen LogP contribution in [0.1, 0.15) is 11.1 Å². The maximum absolute atomic E-state index is 13.5. The zero-order valence-corrected chi connectivity index (χ0v) is 9.11. The molecule has 0 aliphatic heterocycles. The summed E-state index contributed by atoms with van der Waals surface area (Å²) in [4.78, 5) is 0. The van der Waals surface area contributed by atoms with Crippen LogP contribution in [0.5, 0.6) is 0 Å². The Balaban J connectivity index is 2.46. The fourth-order valence-corrected chi connectivity index (χ4v) is 1.77. The largest absolute Gasteiger partial charge is 0.459 e. The van der Waals surface area contributed by atoms with E-state index < -0.39 is 23.9 Å². The Labute approximate surface area is 103 Å². The minimum absolute atomic E-state index is 0.176. The highest BCUT2D eigenvalue weighted by atomic mass is 19.4. The van der Waals surface area contributed by atoms with E-state index in [4.69, 9.17) is 0 Å². The lowest BCUT2D eigenvalue weighted by Crippen LogP contribution is -2.54. The lowest BCUT2D eigenvalue weighted by atomic mass is 9.90. The quantitative estimate of drug-likeness (QED) is 0.702. The lowest BCUT2D eigenvalue weighted by Gasteiger charge is -2.31. The molecule has 0 spiro atoms. The van der Waals surface area contributed by atoms with Crippen LogP contribution in [0.3, 0.4) is 0 Å². The molecule has 0 bridgehead atoms. The summed E-state index contributed by atoms with van der Waals surface area (Å²) in [7, 11) is 0. The van der Waals surface area contributed by atoms with Gasteiger partial charge in [0.15, 0.2) is 0 Å². The van der Waals surface area contributed by atoms with Crippen LogP contribution in [0.4, 0.5) is 30.7 Å². The van der Waals surface area contributed by atoms with E-state index in [1.54, 1.807) is 0 Å². The van der Waals surface area contributed by atoms with Crippen LogP contribution >= 0.6 is 0 Å². The number of halogens is 7. The zero-order valence-electron chi connectivity index (χ0n) is 9.11. The van der Waals surface area contributed by atoms with Gasteiger partial charge >= 0.3 is 18.0 Å². The highest BCUT2D eigenvalue weighted by Crippen LogP contribution is 2.54. The monoisotopic (exact) mass is 283 g/mol. The summed E-state index contributed by atoms with van der Waals surface area (Å²) in [5.74, 6) is -12.8. The van der Waals surface area contributed by atoms with Crippen molar-refractivity contribution in [3.63, 3.8) is 0 Å². The minimum atomic E-state index is -6.32. The van der Waals surface area contributed by atoms with E-state index in [-0.39, 0.29) is 11.1 Å². The van der Waals surface area contributed by atoms with E-state index in [9.17, 15) is 30.7 Å². The number of benzene rings is 1. The molecule has 103 valence electrons. The van der Waals surface area contributed by atoms with E-state index in [1.165, 1.54) is 18.2 Å². The van der Waals surface area contributed by atoms with Crippen molar-refractivity contribution in [2.75, 3.05) is 0 Å². The van der Waals surface area contributed by atoms with E-state index in [0.717, 1.165) is 12.1 Å². The number of hydrogen-bond donors (Lipinski definition) is 0. The lowest BCUT2D eigenvalue weighted by molar-refractivity contribution is -0.347. The van der Waals surface area contributed by atoms with Gasteiger partial charge in [0.25, 0.3) is 0 Å². The van der Waals surface area contributed by atoms with E-state index in [2.05, 4.69) is 0 Å². The molecule has 1 aliphatic rings. The zero-order chi connectivity index (χ0) is 14.5. The SMILES string of the molecule is FC(F)(F)C(F)(F)C(F)(F)[C]1C=Cc2ccccc21. The number of allylic oxidation sites excluding steroid dienone is 1. The van der Waals surface area contributed by atoms with E-state index in [1.807, 2.05) is 0 Å². The fourth-order valence-electron chi connectivity index (χ4n) is 1.77. The van der Waals surface area contributed by atoms with Gasteiger partial charge in [-0.15, -0.1) is 0 Å². The summed E-state index contributed by atoms with van der Waals surface area (Å²) in [6, 6.07) is 5.17. The molecule has 0 fully saturated rings.